The lowest BCUT2D eigenvalue weighted by Gasteiger charge is -2.34. The highest BCUT2D eigenvalue weighted by molar-refractivity contribution is 6.37. The second-order valence-corrected chi connectivity index (χ2v) is 11.6. The van der Waals surface area contributed by atoms with Crippen LogP contribution in [0.5, 0.6) is 0 Å². The number of carbonyl (C=O) groups is 2. The smallest absolute Gasteiger partial charge is 0.253 e. The third kappa shape index (κ3) is 7.29. The molecule has 0 spiro atoms. The lowest BCUT2D eigenvalue weighted by molar-refractivity contribution is 0.0918. The van der Waals surface area contributed by atoms with Crippen molar-refractivity contribution < 1.29 is 9.59 Å². The third-order valence-corrected chi connectivity index (χ3v) is 8.48. The van der Waals surface area contributed by atoms with Crippen LogP contribution in [-0.2, 0) is 0 Å². The van der Waals surface area contributed by atoms with Crippen LogP contribution in [-0.4, -0.2) is 23.9 Å². The van der Waals surface area contributed by atoms with Gasteiger partial charge in [0.25, 0.3) is 11.8 Å². The van der Waals surface area contributed by atoms with Gasteiger partial charge in [-0.15, -0.1) is 0 Å². The standard InChI is InChI=1S/C27H30Cl4N2O2/c28-18-5-11-22(24(30)14-18)26(34)32-20-7-1-16(2-8-20)13-17-3-9-21(10-4-17)33-27(35)23-12-6-19(29)15-25(23)31/h5-6,11-12,14-17,20-21H,1-4,7-10,13H2,(H,32,34)(H,33,35). The van der Waals surface area contributed by atoms with Crippen LogP contribution in [0.1, 0.15) is 78.5 Å². The van der Waals surface area contributed by atoms with E-state index in [1.165, 1.54) is 6.42 Å². The Morgan fingerprint density at radius 2 is 1.00 bits per heavy atom. The molecule has 2 aliphatic rings. The van der Waals surface area contributed by atoms with E-state index in [9.17, 15) is 9.59 Å². The first-order valence-electron chi connectivity index (χ1n) is 12.3. The molecule has 4 nitrogen and oxygen atoms in total. The summed E-state index contributed by atoms with van der Waals surface area (Å²) in [6.45, 7) is 0. The molecular formula is C27H30Cl4N2O2. The van der Waals surface area contributed by atoms with Crippen molar-refractivity contribution in [1.82, 2.24) is 10.6 Å². The van der Waals surface area contributed by atoms with Gasteiger partial charge < -0.3 is 10.6 Å². The molecule has 0 heterocycles. The number of nitrogens with one attached hydrogen (secondary N) is 2. The highest BCUT2D eigenvalue weighted by Gasteiger charge is 2.28. The average molecular weight is 556 g/mol. The first-order valence-corrected chi connectivity index (χ1v) is 13.8. The van der Waals surface area contributed by atoms with Crippen LogP contribution < -0.4 is 10.6 Å². The molecule has 4 rings (SSSR count). The van der Waals surface area contributed by atoms with Crippen LogP contribution in [0.3, 0.4) is 0 Å². The lowest BCUT2D eigenvalue weighted by Crippen LogP contribution is -2.39. The molecule has 0 aliphatic heterocycles. The molecule has 2 aromatic carbocycles. The first kappa shape index (κ1) is 26.6. The summed E-state index contributed by atoms with van der Waals surface area (Å²) in [4.78, 5) is 25.2. The van der Waals surface area contributed by atoms with E-state index in [1.54, 1.807) is 36.4 Å². The van der Waals surface area contributed by atoms with Gasteiger partial charge in [-0.3, -0.25) is 9.59 Å². The first-order chi connectivity index (χ1) is 16.8. The number of benzene rings is 2. The predicted molar refractivity (Wildman–Crippen MR) is 144 cm³/mol. The summed E-state index contributed by atoms with van der Waals surface area (Å²) in [5.41, 5.74) is 0.945. The fraction of sp³-hybridized carbons (Fsp3) is 0.481. The quantitative estimate of drug-likeness (QED) is 0.379. The number of hydrogen-bond acceptors (Lipinski definition) is 2. The highest BCUT2D eigenvalue weighted by atomic mass is 35.5. The van der Waals surface area contributed by atoms with E-state index in [0.29, 0.717) is 43.1 Å². The van der Waals surface area contributed by atoms with Gasteiger partial charge in [0.15, 0.2) is 0 Å². The zero-order valence-electron chi connectivity index (χ0n) is 19.5. The van der Waals surface area contributed by atoms with E-state index < -0.39 is 0 Å². The van der Waals surface area contributed by atoms with Gasteiger partial charge in [0.05, 0.1) is 21.2 Å². The maximum absolute atomic E-state index is 12.6. The van der Waals surface area contributed by atoms with Crippen LogP contribution in [0.15, 0.2) is 36.4 Å². The summed E-state index contributed by atoms with van der Waals surface area (Å²) < 4.78 is 0. The van der Waals surface area contributed by atoms with Crippen molar-refractivity contribution >= 4 is 58.2 Å². The van der Waals surface area contributed by atoms with Gasteiger partial charge in [0.1, 0.15) is 0 Å². The minimum atomic E-state index is -0.129. The number of halogens is 4. The highest BCUT2D eigenvalue weighted by Crippen LogP contribution is 2.36. The molecule has 0 radical (unpaired) electrons. The van der Waals surface area contributed by atoms with Gasteiger partial charge in [-0.1, -0.05) is 46.4 Å². The number of carbonyl (C=O) groups excluding carboxylic acids is 2. The normalized spacial score (nSPS) is 24.6. The second-order valence-electron chi connectivity index (χ2n) is 9.87. The Hall–Kier alpha value is -1.46. The molecule has 0 unspecified atom stereocenters. The molecule has 35 heavy (non-hydrogen) atoms. The lowest BCUT2D eigenvalue weighted by atomic mass is 9.75. The van der Waals surface area contributed by atoms with Gasteiger partial charge in [0, 0.05) is 22.1 Å². The molecule has 2 aliphatic carbocycles. The van der Waals surface area contributed by atoms with Crippen LogP contribution >= 0.6 is 46.4 Å². The predicted octanol–water partition coefficient (Wildman–Crippen LogP) is 7.97. The fourth-order valence-electron chi connectivity index (χ4n) is 5.43. The molecule has 2 saturated carbocycles. The Bertz CT molecular complexity index is 978. The van der Waals surface area contributed by atoms with Crippen molar-refractivity contribution in [2.75, 3.05) is 0 Å². The van der Waals surface area contributed by atoms with E-state index in [4.69, 9.17) is 46.4 Å². The maximum atomic E-state index is 12.6. The zero-order chi connectivity index (χ0) is 24.9. The van der Waals surface area contributed by atoms with Crippen molar-refractivity contribution in [3.63, 3.8) is 0 Å². The topological polar surface area (TPSA) is 58.2 Å². The molecule has 2 fully saturated rings. The van der Waals surface area contributed by atoms with E-state index in [0.717, 1.165) is 51.4 Å². The van der Waals surface area contributed by atoms with E-state index in [2.05, 4.69) is 10.6 Å². The molecule has 0 aromatic heterocycles. The molecule has 2 aromatic rings. The Kier molecular flexibility index (Phi) is 9.26. The third-order valence-electron chi connectivity index (χ3n) is 7.38. The van der Waals surface area contributed by atoms with E-state index in [1.807, 2.05) is 0 Å². The summed E-state index contributed by atoms with van der Waals surface area (Å²) in [7, 11) is 0. The minimum absolute atomic E-state index is 0.129. The monoisotopic (exact) mass is 554 g/mol. The van der Waals surface area contributed by atoms with Crippen molar-refractivity contribution in [3.8, 4) is 0 Å². The largest absolute Gasteiger partial charge is 0.349 e. The minimum Gasteiger partial charge on any atom is -0.349 e. The number of amides is 2. The number of rotatable bonds is 6. The van der Waals surface area contributed by atoms with Crippen LogP contribution in [0, 0.1) is 11.8 Å². The van der Waals surface area contributed by atoms with E-state index in [-0.39, 0.29) is 23.9 Å². The summed E-state index contributed by atoms with van der Waals surface area (Å²) in [6.07, 6.45) is 9.73. The zero-order valence-corrected chi connectivity index (χ0v) is 22.5. The Morgan fingerprint density at radius 1 is 0.629 bits per heavy atom. The van der Waals surface area contributed by atoms with E-state index >= 15 is 0 Å². The van der Waals surface area contributed by atoms with Crippen molar-refractivity contribution in [3.05, 3.63) is 67.6 Å². The van der Waals surface area contributed by atoms with Crippen LogP contribution in [0.25, 0.3) is 0 Å². The van der Waals surface area contributed by atoms with Gasteiger partial charge in [0.2, 0.25) is 0 Å². The fourth-order valence-corrected chi connectivity index (χ4v) is 6.42. The Morgan fingerprint density at radius 3 is 1.34 bits per heavy atom. The molecule has 8 heteroatoms. The SMILES string of the molecule is O=C(NC1CCC(CC2CCC(NC(=O)c3ccc(Cl)cc3Cl)CC2)CC1)c1ccc(Cl)cc1Cl. The maximum Gasteiger partial charge on any atom is 0.253 e. The van der Waals surface area contributed by atoms with Gasteiger partial charge >= 0.3 is 0 Å². The average Bonchev–Trinajstić information content (AvgIpc) is 2.81. The summed E-state index contributed by atoms with van der Waals surface area (Å²) in [5.74, 6) is 1.14. The molecule has 0 atom stereocenters. The summed E-state index contributed by atoms with van der Waals surface area (Å²) in [5, 5.41) is 8.09. The molecule has 188 valence electrons. The Balaban J connectivity index is 1.17. The van der Waals surface area contributed by atoms with Crippen molar-refractivity contribution in [2.45, 2.75) is 69.9 Å². The van der Waals surface area contributed by atoms with Gasteiger partial charge in [-0.05, 0) is 106 Å². The van der Waals surface area contributed by atoms with Crippen molar-refractivity contribution in [1.29, 1.82) is 0 Å². The van der Waals surface area contributed by atoms with Gasteiger partial charge in [-0.2, -0.15) is 0 Å². The molecular weight excluding hydrogens is 526 g/mol. The molecule has 0 saturated heterocycles. The van der Waals surface area contributed by atoms with Gasteiger partial charge in [-0.25, -0.2) is 0 Å². The Labute approximate surface area is 227 Å². The molecule has 0 bridgehead atoms. The second kappa shape index (κ2) is 12.2. The molecule has 2 N–H and O–H groups in total. The molecule has 2 amide bonds. The number of hydrogen-bond donors (Lipinski definition) is 2. The summed E-state index contributed by atoms with van der Waals surface area (Å²) in [6, 6.07) is 10.3. The van der Waals surface area contributed by atoms with Crippen molar-refractivity contribution in [2.24, 2.45) is 11.8 Å². The summed E-state index contributed by atoms with van der Waals surface area (Å²) >= 11 is 24.2. The van der Waals surface area contributed by atoms with Crippen LogP contribution in [0.4, 0.5) is 0 Å². The van der Waals surface area contributed by atoms with Crippen LogP contribution in [0.2, 0.25) is 20.1 Å².